The largest absolute Gasteiger partial charge is 0.337 e. The SMILES string of the molecule is CC(C)N1CCN(C(=O)C(=O)N2CCC(C3(N)CC3)CC2)CC1=O. The van der Waals surface area contributed by atoms with Crippen LogP contribution in [0.3, 0.4) is 0 Å². The number of carbonyl (C=O) groups excluding carboxylic acids is 3. The predicted molar refractivity (Wildman–Crippen MR) is 88.9 cm³/mol. The van der Waals surface area contributed by atoms with Gasteiger partial charge in [-0.15, -0.1) is 0 Å². The third-order valence-corrected chi connectivity index (χ3v) is 5.77. The van der Waals surface area contributed by atoms with Gasteiger partial charge in [0.15, 0.2) is 0 Å². The van der Waals surface area contributed by atoms with Crippen LogP contribution in [0.5, 0.6) is 0 Å². The zero-order valence-electron chi connectivity index (χ0n) is 14.7. The van der Waals surface area contributed by atoms with Crippen LogP contribution in [0.15, 0.2) is 0 Å². The lowest BCUT2D eigenvalue weighted by Gasteiger charge is -2.38. The Hall–Kier alpha value is -1.63. The molecule has 134 valence electrons. The van der Waals surface area contributed by atoms with Gasteiger partial charge >= 0.3 is 11.8 Å². The molecule has 3 amide bonds. The van der Waals surface area contributed by atoms with Gasteiger partial charge in [0, 0.05) is 37.8 Å². The van der Waals surface area contributed by atoms with Gasteiger partial charge in [-0.3, -0.25) is 14.4 Å². The summed E-state index contributed by atoms with van der Waals surface area (Å²) < 4.78 is 0. The fourth-order valence-corrected chi connectivity index (χ4v) is 3.89. The number of nitrogens with zero attached hydrogens (tertiary/aromatic N) is 3. The van der Waals surface area contributed by atoms with Crippen LogP contribution in [0.4, 0.5) is 0 Å². The highest BCUT2D eigenvalue weighted by molar-refractivity contribution is 6.35. The number of rotatable bonds is 2. The molecule has 0 unspecified atom stereocenters. The van der Waals surface area contributed by atoms with E-state index in [2.05, 4.69) is 0 Å². The molecule has 3 fully saturated rings. The second-order valence-electron chi connectivity index (χ2n) is 7.71. The number of piperazine rings is 1. The molecule has 0 bridgehead atoms. The summed E-state index contributed by atoms with van der Waals surface area (Å²) in [6.45, 7) is 6.01. The first kappa shape index (κ1) is 17.2. The molecule has 2 saturated heterocycles. The van der Waals surface area contributed by atoms with Crippen LogP contribution in [0, 0.1) is 5.92 Å². The Balaban J connectivity index is 1.52. The number of piperidine rings is 1. The maximum atomic E-state index is 12.5. The molecule has 1 aliphatic carbocycles. The summed E-state index contributed by atoms with van der Waals surface area (Å²) in [7, 11) is 0. The van der Waals surface area contributed by atoms with Crippen LogP contribution in [-0.2, 0) is 14.4 Å². The first-order chi connectivity index (χ1) is 11.3. The number of carbonyl (C=O) groups is 3. The van der Waals surface area contributed by atoms with Gasteiger partial charge in [-0.05, 0) is 45.4 Å². The summed E-state index contributed by atoms with van der Waals surface area (Å²) in [6.07, 6.45) is 3.89. The van der Waals surface area contributed by atoms with Crippen molar-refractivity contribution in [3.05, 3.63) is 0 Å². The van der Waals surface area contributed by atoms with Crippen molar-refractivity contribution in [3.63, 3.8) is 0 Å². The van der Waals surface area contributed by atoms with Crippen molar-refractivity contribution in [2.75, 3.05) is 32.7 Å². The Morgan fingerprint density at radius 3 is 2.12 bits per heavy atom. The van der Waals surface area contributed by atoms with Crippen LogP contribution in [0.1, 0.15) is 39.5 Å². The first-order valence-corrected chi connectivity index (χ1v) is 8.98. The van der Waals surface area contributed by atoms with Gasteiger partial charge in [-0.2, -0.15) is 0 Å². The molecule has 0 aromatic carbocycles. The normalized spacial score (nSPS) is 24.5. The average Bonchev–Trinajstić information content (AvgIpc) is 3.32. The summed E-state index contributed by atoms with van der Waals surface area (Å²) in [5.74, 6) is -0.636. The number of likely N-dealkylation sites (tertiary alicyclic amines) is 1. The van der Waals surface area contributed by atoms with E-state index in [0.717, 1.165) is 25.7 Å². The highest BCUT2D eigenvalue weighted by Gasteiger charge is 2.47. The molecule has 3 rings (SSSR count). The molecule has 0 spiro atoms. The lowest BCUT2D eigenvalue weighted by Crippen LogP contribution is -2.57. The van der Waals surface area contributed by atoms with Crippen LogP contribution in [-0.4, -0.2) is 76.7 Å². The predicted octanol–water partition coefficient (Wildman–Crippen LogP) is -0.204. The smallest absolute Gasteiger partial charge is 0.312 e. The van der Waals surface area contributed by atoms with Crippen LogP contribution in [0.2, 0.25) is 0 Å². The molecule has 2 aliphatic heterocycles. The van der Waals surface area contributed by atoms with Crippen LogP contribution >= 0.6 is 0 Å². The maximum absolute atomic E-state index is 12.5. The van der Waals surface area contributed by atoms with E-state index in [1.54, 1.807) is 9.80 Å². The van der Waals surface area contributed by atoms with E-state index >= 15 is 0 Å². The molecule has 0 radical (unpaired) electrons. The summed E-state index contributed by atoms with van der Waals surface area (Å²) in [6, 6.07) is 0.121. The van der Waals surface area contributed by atoms with Gasteiger partial charge in [-0.25, -0.2) is 0 Å². The van der Waals surface area contributed by atoms with Crippen molar-refractivity contribution >= 4 is 17.7 Å². The van der Waals surface area contributed by atoms with Crippen molar-refractivity contribution in [3.8, 4) is 0 Å². The lowest BCUT2D eigenvalue weighted by molar-refractivity contribution is -0.157. The van der Waals surface area contributed by atoms with Crippen molar-refractivity contribution in [1.29, 1.82) is 0 Å². The number of hydrogen-bond donors (Lipinski definition) is 1. The van der Waals surface area contributed by atoms with Crippen molar-refractivity contribution < 1.29 is 14.4 Å². The van der Waals surface area contributed by atoms with Gasteiger partial charge in [0.2, 0.25) is 5.91 Å². The highest BCUT2D eigenvalue weighted by Crippen LogP contribution is 2.44. The molecule has 0 aromatic heterocycles. The van der Waals surface area contributed by atoms with E-state index in [1.165, 1.54) is 4.90 Å². The molecule has 0 atom stereocenters. The highest BCUT2D eigenvalue weighted by atomic mass is 16.2. The molecule has 0 aromatic rings. The monoisotopic (exact) mass is 336 g/mol. The standard InChI is InChI=1S/C17H28N4O3/c1-12(2)21-10-9-20(11-14(21)22)16(24)15(23)19-7-3-13(4-8-19)17(18)5-6-17/h12-13H,3-11,18H2,1-2H3. The van der Waals surface area contributed by atoms with Gasteiger partial charge in [0.25, 0.3) is 0 Å². The average molecular weight is 336 g/mol. The van der Waals surface area contributed by atoms with Gasteiger partial charge < -0.3 is 20.4 Å². The van der Waals surface area contributed by atoms with E-state index < -0.39 is 11.8 Å². The van der Waals surface area contributed by atoms with Gasteiger partial charge in [-0.1, -0.05) is 0 Å². The van der Waals surface area contributed by atoms with Gasteiger partial charge in [0.05, 0.1) is 0 Å². The summed E-state index contributed by atoms with van der Waals surface area (Å²) >= 11 is 0. The topological polar surface area (TPSA) is 87.0 Å². The van der Waals surface area contributed by atoms with Crippen LogP contribution in [0.25, 0.3) is 0 Å². The van der Waals surface area contributed by atoms with Crippen LogP contribution < -0.4 is 5.73 Å². The quantitative estimate of drug-likeness (QED) is 0.707. The molecule has 2 heterocycles. The van der Waals surface area contributed by atoms with E-state index in [9.17, 15) is 14.4 Å². The minimum absolute atomic E-state index is 0.00509. The molecule has 24 heavy (non-hydrogen) atoms. The van der Waals surface area contributed by atoms with Crippen molar-refractivity contribution in [2.45, 2.75) is 51.1 Å². The summed E-state index contributed by atoms with van der Waals surface area (Å²) in [5.41, 5.74) is 6.24. The zero-order chi connectivity index (χ0) is 17.5. The molecule has 7 heteroatoms. The van der Waals surface area contributed by atoms with Gasteiger partial charge in [0.1, 0.15) is 6.54 Å². The Labute approximate surface area is 143 Å². The molecule has 2 N–H and O–H groups in total. The van der Waals surface area contributed by atoms with E-state index in [-0.39, 0.29) is 24.0 Å². The third-order valence-electron chi connectivity index (χ3n) is 5.77. The minimum Gasteiger partial charge on any atom is -0.337 e. The molecular formula is C17H28N4O3. The molecule has 1 saturated carbocycles. The second-order valence-corrected chi connectivity index (χ2v) is 7.71. The molecular weight excluding hydrogens is 308 g/mol. The minimum atomic E-state index is -0.543. The first-order valence-electron chi connectivity index (χ1n) is 8.98. The van der Waals surface area contributed by atoms with E-state index in [0.29, 0.717) is 32.1 Å². The Morgan fingerprint density at radius 1 is 1.04 bits per heavy atom. The number of hydrogen-bond acceptors (Lipinski definition) is 4. The number of nitrogens with two attached hydrogens (primary N) is 1. The lowest BCUT2D eigenvalue weighted by atomic mass is 9.88. The summed E-state index contributed by atoms with van der Waals surface area (Å²) in [4.78, 5) is 41.8. The van der Waals surface area contributed by atoms with Crippen molar-refractivity contribution in [1.82, 2.24) is 14.7 Å². The third kappa shape index (κ3) is 3.27. The van der Waals surface area contributed by atoms with E-state index in [4.69, 9.17) is 5.73 Å². The number of amides is 3. The van der Waals surface area contributed by atoms with Crippen molar-refractivity contribution in [2.24, 2.45) is 11.7 Å². The maximum Gasteiger partial charge on any atom is 0.312 e. The Morgan fingerprint density at radius 2 is 1.62 bits per heavy atom. The molecule has 3 aliphatic rings. The Kier molecular flexibility index (Phi) is 4.55. The zero-order valence-corrected chi connectivity index (χ0v) is 14.7. The second kappa shape index (κ2) is 6.35. The summed E-state index contributed by atoms with van der Waals surface area (Å²) in [5, 5.41) is 0. The fraction of sp³-hybridized carbons (Fsp3) is 0.824. The van der Waals surface area contributed by atoms with E-state index in [1.807, 2.05) is 13.8 Å². The fourth-order valence-electron chi connectivity index (χ4n) is 3.89. The Bertz CT molecular complexity index is 536. The molecule has 7 nitrogen and oxygen atoms in total.